The standard InChI is InChI=1S/C14H29NO2/c1-3-4-5-6-7-8-9-10-12-15-14(16)11-13-17-2/h3-13H2,1-2H3,(H,15,16). The number of nitrogens with one attached hydrogen (secondary N) is 1. The average Bonchev–Trinajstić information content (AvgIpc) is 2.34. The van der Waals surface area contributed by atoms with Crippen LogP contribution in [0.2, 0.25) is 0 Å². The lowest BCUT2D eigenvalue weighted by atomic mass is 10.1. The van der Waals surface area contributed by atoms with Crippen LogP contribution in [0.15, 0.2) is 0 Å². The summed E-state index contributed by atoms with van der Waals surface area (Å²) < 4.78 is 4.84. The number of unbranched alkanes of at least 4 members (excludes halogenated alkanes) is 7. The fourth-order valence-electron chi connectivity index (χ4n) is 1.77. The van der Waals surface area contributed by atoms with Crippen LogP contribution in [0.4, 0.5) is 0 Å². The Labute approximate surface area is 106 Å². The first-order chi connectivity index (χ1) is 8.31. The second-order valence-corrected chi connectivity index (χ2v) is 4.57. The number of rotatable bonds is 12. The molecule has 0 aliphatic heterocycles. The average molecular weight is 243 g/mol. The fourth-order valence-corrected chi connectivity index (χ4v) is 1.77. The van der Waals surface area contributed by atoms with E-state index in [0.29, 0.717) is 13.0 Å². The summed E-state index contributed by atoms with van der Waals surface area (Å²) in [6.07, 6.45) is 10.9. The predicted octanol–water partition coefficient (Wildman–Crippen LogP) is 3.28. The van der Waals surface area contributed by atoms with Gasteiger partial charge in [0.15, 0.2) is 0 Å². The van der Waals surface area contributed by atoms with E-state index in [1.165, 1.54) is 44.9 Å². The van der Waals surface area contributed by atoms with Gasteiger partial charge < -0.3 is 10.1 Å². The molecule has 0 bridgehead atoms. The molecule has 0 rings (SSSR count). The predicted molar refractivity (Wildman–Crippen MR) is 72.1 cm³/mol. The van der Waals surface area contributed by atoms with Crippen molar-refractivity contribution < 1.29 is 9.53 Å². The van der Waals surface area contributed by atoms with Gasteiger partial charge in [-0.15, -0.1) is 0 Å². The van der Waals surface area contributed by atoms with Crippen molar-refractivity contribution >= 4 is 5.91 Å². The molecule has 0 atom stereocenters. The van der Waals surface area contributed by atoms with Crippen molar-refractivity contribution in [2.75, 3.05) is 20.3 Å². The van der Waals surface area contributed by atoms with Crippen LogP contribution in [-0.2, 0) is 9.53 Å². The largest absolute Gasteiger partial charge is 0.384 e. The summed E-state index contributed by atoms with van der Waals surface area (Å²) >= 11 is 0. The number of ether oxygens (including phenoxy) is 1. The van der Waals surface area contributed by atoms with Gasteiger partial charge in [0.2, 0.25) is 5.91 Å². The van der Waals surface area contributed by atoms with Crippen molar-refractivity contribution in [1.29, 1.82) is 0 Å². The molecule has 0 saturated heterocycles. The number of hydrogen-bond acceptors (Lipinski definition) is 2. The summed E-state index contributed by atoms with van der Waals surface area (Å²) in [5, 5.41) is 2.91. The van der Waals surface area contributed by atoms with E-state index in [2.05, 4.69) is 12.2 Å². The Kier molecular flexibility index (Phi) is 13.0. The maximum absolute atomic E-state index is 11.2. The van der Waals surface area contributed by atoms with Crippen molar-refractivity contribution in [3.8, 4) is 0 Å². The minimum absolute atomic E-state index is 0.106. The molecule has 0 fully saturated rings. The first kappa shape index (κ1) is 16.4. The van der Waals surface area contributed by atoms with Gasteiger partial charge in [-0.3, -0.25) is 4.79 Å². The van der Waals surface area contributed by atoms with Crippen LogP contribution in [0.1, 0.15) is 64.7 Å². The van der Waals surface area contributed by atoms with Gasteiger partial charge in [-0.1, -0.05) is 51.9 Å². The molecule has 0 saturated carbocycles. The lowest BCUT2D eigenvalue weighted by molar-refractivity contribution is -0.121. The summed E-state index contributed by atoms with van der Waals surface area (Å²) in [5.41, 5.74) is 0. The van der Waals surface area contributed by atoms with Gasteiger partial charge >= 0.3 is 0 Å². The number of carbonyl (C=O) groups excluding carboxylic acids is 1. The smallest absolute Gasteiger partial charge is 0.222 e. The molecular formula is C14H29NO2. The lowest BCUT2D eigenvalue weighted by Gasteiger charge is -2.04. The SMILES string of the molecule is CCCCCCCCCCNC(=O)CCOC. The van der Waals surface area contributed by atoms with E-state index >= 15 is 0 Å². The van der Waals surface area contributed by atoms with Crippen LogP contribution in [0.3, 0.4) is 0 Å². The van der Waals surface area contributed by atoms with E-state index in [9.17, 15) is 4.79 Å². The van der Waals surface area contributed by atoms with Crippen LogP contribution < -0.4 is 5.32 Å². The molecule has 102 valence electrons. The lowest BCUT2D eigenvalue weighted by Crippen LogP contribution is -2.25. The fraction of sp³-hybridized carbons (Fsp3) is 0.929. The molecule has 0 aromatic heterocycles. The van der Waals surface area contributed by atoms with E-state index in [-0.39, 0.29) is 5.91 Å². The van der Waals surface area contributed by atoms with Crippen molar-refractivity contribution in [3.05, 3.63) is 0 Å². The van der Waals surface area contributed by atoms with Gasteiger partial charge in [-0.05, 0) is 6.42 Å². The first-order valence-corrected chi connectivity index (χ1v) is 7.07. The molecule has 3 heteroatoms. The second-order valence-electron chi connectivity index (χ2n) is 4.57. The Hall–Kier alpha value is -0.570. The highest BCUT2D eigenvalue weighted by Crippen LogP contribution is 2.07. The second kappa shape index (κ2) is 13.5. The molecule has 1 N–H and O–H groups in total. The third kappa shape index (κ3) is 13.4. The molecule has 1 amide bonds. The molecule has 0 aromatic carbocycles. The Bertz CT molecular complexity index is 172. The summed E-state index contributed by atoms with van der Waals surface area (Å²) in [6.45, 7) is 3.58. The normalized spacial score (nSPS) is 10.5. The van der Waals surface area contributed by atoms with Crippen molar-refractivity contribution in [2.24, 2.45) is 0 Å². The van der Waals surface area contributed by atoms with Gasteiger partial charge in [0, 0.05) is 20.1 Å². The number of methoxy groups -OCH3 is 1. The quantitative estimate of drug-likeness (QED) is 0.534. The molecule has 0 spiro atoms. The highest BCUT2D eigenvalue weighted by Gasteiger charge is 1.98. The zero-order valence-electron chi connectivity index (χ0n) is 11.6. The number of hydrogen-bond donors (Lipinski definition) is 1. The van der Waals surface area contributed by atoms with Gasteiger partial charge in [0.05, 0.1) is 6.61 Å². The Morgan fingerprint density at radius 2 is 1.59 bits per heavy atom. The Morgan fingerprint density at radius 1 is 1.00 bits per heavy atom. The van der Waals surface area contributed by atoms with Crippen LogP contribution in [0.25, 0.3) is 0 Å². The zero-order valence-corrected chi connectivity index (χ0v) is 11.6. The third-order valence-electron chi connectivity index (χ3n) is 2.89. The number of carbonyl (C=O) groups is 1. The Balaban J connectivity index is 3.05. The van der Waals surface area contributed by atoms with Crippen LogP contribution in [0, 0.1) is 0 Å². The molecular weight excluding hydrogens is 214 g/mol. The van der Waals surface area contributed by atoms with E-state index in [4.69, 9.17) is 4.74 Å². The minimum atomic E-state index is 0.106. The molecule has 0 heterocycles. The molecule has 0 aliphatic carbocycles. The number of amides is 1. The molecule has 0 unspecified atom stereocenters. The monoisotopic (exact) mass is 243 g/mol. The summed E-state index contributed by atoms with van der Waals surface area (Å²) in [6, 6.07) is 0. The van der Waals surface area contributed by atoms with Gasteiger partial charge in [-0.25, -0.2) is 0 Å². The molecule has 17 heavy (non-hydrogen) atoms. The van der Waals surface area contributed by atoms with E-state index < -0.39 is 0 Å². The van der Waals surface area contributed by atoms with Gasteiger partial charge in [-0.2, -0.15) is 0 Å². The summed E-state index contributed by atoms with van der Waals surface area (Å²) in [5.74, 6) is 0.106. The van der Waals surface area contributed by atoms with Crippen molar-refractivity contribution in [2.45, 2.75) is 64.7 Å². The maximum atomic E-state index is 11.2. The zero-order chi connectivity index (χ0) is 12.8. The van der Waals surface area contributed by atoms with E-state index in [1.807, 2.05) is 0 Å². The third-order valence-corrected chi connectivity index (χ3v) is 2.89. The molecule has 0 aliphatic rings. The van der Waals surface area contributed by atoms with Gasteiger partial charge in [0.25, 0.3) is 0 Å². The van der Waals surface area contributed by atoms with Crippen LogP contribution in [-0.4, -0.2) is 26.2 Å². The van der Waals surface area contributed by atoms with E-state index in [0.717, 1.165) is 13.0 Å². The highest BCUT2D eigenvalue weighted by molar-refractivity contribution is 5.75. The molecule has 0 aromatic rings. The summed E-state index contributed by atoms with van der Waals surface area (Å²) in [7, 11) is 1.62. The first-order valence-electron chi connectivity index (χ1n) is 7.07. The van der Waals surface area contributed by atoms with Crippen LogP contribution >= 0.6 is 0 Å². The Morgan fingerprint density at radius 3 is 2.18 bits per heavy atom. The minimum Gasteiger partial charge on any atom is -0.384 e. The molecule has 3 nitrogen and oxygen atoms in total. The topological polar surface area (TPSA) is 38.3 Å². The van der Waals surface area contributed by atoms with Crippen molar-refractivity contribution in [3.63, 3.8) is 0 Å². The van der Waals surface area contributed by atoms with E-state index in [1.54, 1.807) is 7.11 Å². The van der Waals surface area contributed by atoms with Crippen LogP contribution in [0.5, 0.6) is 0 Å². The van der Waals surface area contributed by atoms with Gasteiger partial charge in [0.1, 0.15) is 0 Å². The highest BCUT2D eigenvalue weighted by atomic mass is 16.5. The maximum Gasteiger partial charge on any atom is 0.222 e. The molecule has 0 radical (unpaired) electrons. The summed E-state index contributed by atoms with van der Waals surface area (Å²) in [4.78, 5) is 11.2. The van der Waals surface area contributed by atoms with Crippen molar-refractivity contribution in [1.82, 2.24) is 5.32 Å².